The Kier molecular flexibility index (Phi) is 37.3. The fourth-order valence-corrected chi connectivity index (χ4v) is 27.3. The van der Waals surface area contributed by atoms with Crippen LogP contribution in [0.3, 0.4) is 0 Å². The van der Waals surface area contributed by atoms with E-state index in [-0.39, 0.29) is 34.1 Å². The number of sulfonamides is 6. The van der Waals surface area contributed by atoms with E-state index in [1.807, 2.05) is 94.1 Å². The van der Waals surface area contributed by atoms with Crippen molar-refractivity contribution < 1.29 is 65.1 Å². The summed E-state index contributed by atoms with van der Waals surface area (Å²) < 4.78 is 174. The molecule has 8 heterocycles. The smallest absolute Gasteiger partial charge is 0.245 e. The van der Waals surface area contributed by atoms with Gasteiger partial charge in [-0.15, -0.1) is 0 Å². The van der Waals surface area contributed by atoms with E-state index in [2.05, 4.69) is 54.8 Å². The second-order valence-corrected chi connectivity index (χ2v) is 47.4. The summed E-state index contributed by atoms with van der Waals surface area (Å²) in [5, 5.41) is 12.2. The molecule has 14 N–H and O–H groups in total. The van der Waals surface area contributed by atoms with Gasteiger partial charge in [0.05, 0.1) is 47.3 Å². The third kappa shape index (κ3) is 25.9. The quantitative estimate of drug-likeness (QED) is 0.0246. The number of benzene rings is 8. The van der Waals surface area contributed by atoms with Gasteiger partial charge in [-0.3, -0.25) is 4.90 Å². The summed E-state index contributed by atoms with van der Waals surface area (Å²) in [6.07, 6.45) is 9.98. The Morgan fingerprint density at radius 1 is 0.426 bits per heavy atom. The maximum Gasteiger partial charge on any atom is 0.245 e. The Balaban J connectivity index is 0.000000157. The van der Waals surface area contributed by atoms with Gasteiger partial charge in [0.25, 0.3) is 0 Å². The van der Waals surface area contributed by atoms with Gasteiger partial charge < -0.3 is 83.7 Å². The van der Waals surface area contributed by atoms with Crippen molar-refractivity contribution in [2.45, 2.75) is 148 Å². The molecule has 0 spiro atoms. The van der Waals surface area contributed by atoms with Crippen LogP contribution in [0, 0.1) is 5.92 Å². The van der Waals surface area contributed by atoms with Gasteiger partial charge in [0.1, 0.15) is 35.1 Å². The van der Waals surface area contributed by atoms with E-state index in [1.165, 1.54) is 64.9 Å². The van der Waals surface area contributed by atoms with Crippen molar-refractivity contribution in [2.24, 2.45) is 5.92 Å². The van der Waals surface area contributed by atoms with E-state index in [0.29, 0.717) is 131 Å². The normalized spacial score (nSPS) is 18.3. The molecule has 8 aromatic rings. The van der Waals surface area contributed by atoms with Crippen LogP contribution in [0.5, 0.6) is 5.75 Å². The zero-order chi connectivity index (χ0) is 98.8. The highest BCUT2D eigenvalue weighted by molar-refractivity contribution is 7.90. The number of nitrogens with one attached hydrogen (secondary N) is 1. The van der Waals surface area contributed by atoms with Crippen LogP contribution in [0.15, 0.2) is 181 Å². The monoisotopic (exact) mass is 1990 g/mol. The van der Waals surface area contributed by atoms with E-state index in [0.717, 1.165) is 189 Å². The molecule has 0 saturated carbocycles. The van der Waals surface area contributed by atoms with Crippen molar-refractivity contribution in [2.75, 3.05) is 250 Å². The molecular weight excluding hydrogens is 1850 g/mol. The van der Waals surface area contributed by atoms with Gasteiger partial charge in [0.15, 0.2) is 6.79 Å². The molecule has 6 fully saturated rings. The lowest BCUT2D eigenvalue weighted by atomic mass is 10.0. The van der Waals surface area contributed by atoms with Crippen LogP contribution in [0.4, 0.5) is 79.6 Å². The first kappa shape index (κ1) is 107. The third-order valence-corrected chi connectivity index (χ3v) is 37.3. The van der Waals surface area contributed by atoms with E-state index in [1.54, 1.807) is 85.7 Å². The summed E-state index contributed by atoms with van der Waals surface area (Å²) in [6, 6.07) is 44.3. The summed E-state index contributed by atoms with van der Waals surface area (Å²) in [5.41, 5.74) is 45.9. The molecule has 0 aliphatic carbocycles. The van der Waals surface area contributed by atoms with Crippen molar-refractivity contribution in [1.82, 2.24) is 35.6 Å². The maximum absolute atomic E-state index is 13.2. The van der Waals surface area contributed by atoms with Gasteiger partial charge in [-0.25, -0.2) is 59.1 Å². The van der Waals surface area contributed by atoms with Gasteiger partial charge in [-0.1, -0.05) is 45.4 Å². The molecule has 41 heteroatoms. The summed E-state index contributed by atoms with van der Waals surface area (Å²) in [6.45, 7) is 27.8. The molecule has 8 aliphatic heterocycles. The van der Waals surface area contributed by atoms with Crippen LogP contribution in [0.2, 0.25) is 0 Å². The topological polar surface area (TPSA) is 454 Å². The van der Waals surface area contributed by atoms with Gasteiger partial charge in [-0.2, -0.15) is 17.2 Å². The Hall–Kier alpha value is -9.54. The van der Waals surface area contributed by atoms with E-state index in [9.17, 15) is 50.5 Å². The zero-order valence-electron chi connectivity index (χ0n) is 80.5. The number of β-amino-alcohol motifs (C(OH)–C–C–N with tert-alkyl or cyclic N) is 1. The summed E-state index contributed by atoms with van der Waals surface area (Å²) in [4.78, 5) is 16.6. The Morgan fingerprint density at radius 2 is 0.897 bits per heavy atom. The Morgan fingerprint density at radius 3 is 1.44 bits per heavy atom. The van der Waals surface area contributed by atoms with Gasteiger partial charge in [-0.05, 0) is 231 Å². The van der Waals surface area contributed by atoms with Crippen molar-refractivity contribution in [3.05, 3.63) is 163 Å². The van der Waals surface area contributed by atoms with Crippen molar-refractivity contribution >= 4 is 140 Å². The molecule has 136 heavy (non-hydrogen) atoms. The molecular formula is C95H142N20O15S6. The molecule has 0 amide bonds. The second-order valence-electron chi connectivity index (χ2n) is 35.5. The number of aliphatic hydroxyl groups is 1. The fourth-order valence-electron chi connectivity index (χ4n) is 17.9. The summed E-state index contributed by atoms with van der Waals surface area (Å²) >= 11 is 0. The van der Waals surface area contributed by atoms with Gasteiger partial charge in [0.2, 0.25) is 60.1 Å². The molecule has 2 atom stereocenters. The number of likely N-dealkylation sites (N-methyl/N-ethyl adjacent to an activating group) is 1. The highest BCUT2D eigenvalue weighted by Gasteiger charge is 2.38. The molecule has 8 aliphatic rings. The Labute approximate surface area is 807 Å². The molecule has 0 bridgehead atoms. The predicted molar refractivity (Wildman–Crippen MR) is 547 cm³/mol. The lowest BCUT2D eigenvalue weighted by Crippen LogP contribution is -2.47. The zero-order valence-corrected chi connectivity index (χ0v) is 85.4. The number of piperazine rings is 2. The number of fused-ring (bicyclic) bond motifs is 2. The van der Waals surface area contributed by atoms with Gasteiger partial charge in [0, 0.05) is 223 Å². The first-order valence-electron chi connectivity index (χ1n) is 46.8. The number of ether oxygens (including phenoxy) is 2. The number of aliphatic hydroxyl groups excluding tert-OH is 1. The molecule has 0 aromatic heterocycles. The number of rotatable bonds is 25. The maximum atomic E-state index is 13.2. The van der Waals surface area contributed by atoms with Crippen molar-refractivity contribution in [3.8, 4) is 5.75 Å². The van der Waals surface area contributed by atoms with Gasteiger partial charge >= 0.3 is 0 Å². The molecule has 6 saturated heterocycles. The standard InChI is InChI=1S/C18H23N3O4S.C16H19N3O2S.C16H25N3O2S.C16H27N3O2S.C15H24N4O2S.C14H24N4O3S/c1-3-21(4-2)26(22,23)18-10-14(19)5-7-16(18)20-15-6-8-17-13(9-15)11-24-12-25-17;1-18(2)22(20,21)16-11-13(17)7-8-15(16)19-10-9-12-5-3-4-6-14(12)19;1-13-6-2-3-11-19(13)22(20,21)16-12-14(17)7-8-15(16)18-9-4-5-10-18;1-4-18(5-2)15-9-8-14(17)11-16(15)22(20,21)19-10-6-7-13(3)12-19;1-17-8-10-18(11-9-17)14-5-4-13(16)12-15(14)22(20,21)19-6-2-3-7-19;1-16(2)22(20,21)14-11-12(15)3-4-13(14)18-7-5-17(6-8-18)9-10-19/h5-10,20H,3-4,11-12,19H2,1-2H3;3-8,11H,9-10,17H2,1-2H3;7-8,12-13H,2-6,9-11,17H2,1H3;8-9,11,13H,4-7,10,12,17H2,1-3H3;4-5,12H,2-3,6-11,16H2,1H3;3-4,11,19H,5-10,15H2,1-2H3. The summed E-state index contributed by atoms with van der Waals surface area (Å²) in [7, 11) is -13.0. The minimum absolute atomic E-state index is 0.0617. The highest BCUT2D eigenvalue weighted by Crippen LogP contribution is 2.43. The van der Waals surface area contributed by atoms with E-state index < -0.39 is 60.1 Å². The number of piperidine rings is 2. The minimum Gasteiger partial charge on any atom is -0.467 e. The molecule has 8 aromatic carbocycles. The second kappa shape index (κ2) is 47.4. The molecule has 0 radical (unpaired) electrons. The van der Waals surface area contributed by atoms with Crippen LogP contribution in [0.25, 0.3) is 0 Å². The molecule has 748 valence electrons. The largest absolute Gasteiger partial charge is 0.467 e. The molecule has 35 nitrogen and oxygen atoms in total. The summed E-state index contributed by atoms with van der Waals surface area (Å²) in [5.74, 6) is 1.18. The average molecular weight is 2000 g/mol. The number of nitrogens with two attached hydrogens (primary N) is 6. The Bertz CT molecular complexity index is 6100. The first-order valence-corrected chi connectivity index (χ1v) is 55.5. The van der Waals surface area contributed by atoms with Crippen molar-refractivity contribution in [1.29, 1.82) is 0 Å². The third-order valence-electron chi connectivity index (χ3n) is 25.6. The number of anilines is 14. The molecule has 2 unspecified atom stereocenters. The number of nitrogen functional groups attached to an aromatic ring is 6. The number of para-hydroxylation sites is 1. The molecule has 16 rings (SSSR count). The highest BCUT2D eigenvalue weighted by atomic mass is 32.2. The van der Waals surface area contributed by atoms with Crippen LogP contribution >= 0.6 is 0 Å². The average Bonchev–Trinajstić information content (AvgIpc) is 1.19. The van der Waals surface area contributed by atoms with Crippen LogP contribution in [0.1, 0.15) is 110 Å². The predicted octanol–water partition coefficient (Wildman–Crippen LogP) is 10.5. The number of hydrogen-bond acceptors (Lipinski definition) is 29. The number of hydrogen-bond donors (Lipinski definition) is 8. The van der Waals surface area contributed by atoms with E-state index in [4.69, 9.17) is 49.0 Å². The number of nitrogens with zero attached hydrogens (tertiary/aromatic N) is 13. The van der Waals surface area contributed by atoms with E-state index >= 15 is 0 Å². The fraction of sp³-hybridized carbons (Fsp3) is 0.495. The van der Waals surface area contributed by atoms with Crippen LogP contribution in [-0.2, 0) is 77.9 Å². The lowest BCUT2D eigenvalue weighted by molar-refractivity contribution is -0.0163. The van der Waals surface area contributed by atoms with Crippen molar-refractivity contribution in [3.63, 3.8) is 0 Å². The van der Waals surface area contributed by atoms with Crippen LogP contribution < -0.4 is 69.0 Å². The van der Waals surface area contributed by atoms with Crippen LogP contribution in [-0.4, -0.2) is 283 Å². The first-order chi connectivity index (χ1) is 64.6. The lowest BCUT2D eigenvalue weighted by Gasteiger charge is -2.36. The SMILES string of the molecule is CC1CCCCN1S(=O)(=O)c1cc(N)ccc1N1CCCC1.CCN(CC)S(=O)(=O)c1cc(N)ccc1Nc1ccc2c(c1)COCO2.CCN(CC)c1ccc(N)cc1S(=O)(=O)N1CCCC(C)C1.CN(C)S(=O)(=O)c1cc(N)ccc1N1CCN(CCO)CC1.CN(C)S(=O)(=O)c1cc(N)ccc1N1CCc2ccccc21.CN1CCN(c2ccc(N)cc2S(=O)(=O)N2CCCC2)CC1. The minimum atomic E-state index is -3.65.